The highest BCUT2D eigenvalue weighted by Gasteiger charge is 2.29. The van der Waals surface area contributed by atoms with Crippen molar-refractivity contribution in [1.82, 2.24) is 5.32 Å². The van der Waals surface area contributed by atoms with Gasteiger partial charge in [0.15, 0.2) is 11.5 Å². The Morgan fingerprint density at radius 1 is 0.912 bits per heavy atom. The van der Waals surface area contributed by atoms with Crippen molar-refractivity contribution in [1.29, 1.82) is 0 Å². The van der Waals surface area contributed by atoms with Gasteiger partial charge in [-0.3, -0.25) is 9.10 Å². The zero-order valence-electron chi connectivity index (χ0n) is 19.5. The molecule has 180 valence electrons. The molecule has 3 aromatic rings. The predicted octanol–water partition coefficient (Wildman–Crippen LogP) is 3.97. The van der Waals surface area contributed by atoms with Crippen molar-refractivity contribution in [3.05, 3.63) is 78.4 Å². The van der Waals surface area contributed by atoms with Crippen LogP contribution in [0.3, 0.4) is 0 Å². The number of methoxy groups -OCH3 is 2. The highest BCUT2D eigenvalue weighted by molar-refractivity contribution is 7.92. The average Bonchev–Trinajstić information content (AvgIpc) is 2.83. The fourth-order valence-corrected chi connectivity index (χ4v) is 4.60. The summed E-state index contributed by atoms with van der Waals surface area (Å²) in [6.45, 7) is 1.74. The van der Waals surface area contributed by atoms with Gasteiger partial charge in [-0.25, -0.2) is 8.42 Å². The quantitative estimate of drug-likeness (QED) is 0.468. The van der Waals surface area contributed by atoms with Crippen LogP contribution in [0.4, 0.5) is 5.69 Å². The average molecular weight is 485 g/mol. The van der Waals surface area contributed by atoms with E-state index in [0.717, 1.165) is 16.1 Å². The fraction of sp³-hybridized carbons (Fsp3) is 0.240. The second kappa shape index (κ2) is 10.9. The molecule has 0 aliphatic carbocycles. The molecule has 1 N–H and O–H groups in total. The smallest absolute Gasteiger partial charge is 0.243 e. The molecule has 0 fully saturated rings. The Balaban J connectivity index is 1.73. The minimum absolute atomic E-state index is 0.199. The van der Waals surface area contributed by atoms with Gasteiger partial charge in [-0.2, -0.15) is 0 Å². The van der Waals surface area contributed by atoms with E-state index in [1.54, 1.807) is 56.5 Å². The van der Waals surface area contributed by atoms with E-state index in [0.29, 0.717) is 28.7 Å². The third-order valence-electron chi connectivity index (χ3n) is 5.07. The summed E-state index contributed by atoms with van der Waals surface area (Å²) < 4.78 is 42.5. The minimum atomic E-state index is -3.74. The summed E-state index contributed by atoms with van der Waals surface area (Å²) in [4.78, 5) is 12.9. The summed E-state index contributed by atoms with van der Waals surface area (Å²) in [6.07, 6.45) is 1.07. The molecule has 0 aliphatic heterocycles. The van der Waals surface area contributed by atoms with E-state index in [1.807, 2.05) is 30.3 Å². The molecule has 0 saturated carbocycles. The van der Waals surface area contributed by atoms with E-state index in [1.165, 1.54) is 7.11 Å². The molecule has 8 nitrogen and oxygen atoms in total. The maximum absolute atomic E-state index is 12.9. The Kier molecular flexibility index (Phi) is 8.01. The van der Waals surface area contributed by atoms with Gasteiger partial charge in [0.05, 0.1) is 26.2 Å². The highest BCUT2D eigenvalue weighted by Crippen LogP contribution is 2.28. The monoisotopic (exact) mass is 484 g/mol. The summed E-state index contributed by atoms with van der Waals surface area (Å²) >= 11 is 0. The lowest BCUT2D eigenvalue weighted by atomic mass is 10.2. The van der Waals surface area contributed by atoms with Gasteiger partial charge in [0.1, 0.15) is 17.5 Å². The summed E-state index contributed by atoms with van der Waals surface area (Å²) in [5.41, 5.74) is 1.14. The van der Waals surface area contributed by atoms with Crippen LogP contribution in [-0.2, 0) is 21.4 Å². The van der Waals surface area contributed by atoms with Crippen LogP contribution in [-0.4, -0.2) is 40.8 Å². The fourth-order valence-electron chi connectivity index (χ4n) is 3.42. The van der Waals surface area contributed by atoms with Gasteiger partial charge < -0.3 is 19.5 Å². The van der Waals surface area contributed by atoms with Crippen molar-refractivity contribution in [3.8, 4) is 23.0 Å². The minimum Gasteiger partial charge on any atom is -0.493 e. The van der Waals surface area contributed by atoms with E-state index in [4.69, 9.17) is 14.2 Å². The van der Waals surface area contributed by atoms with Gasteiger partial charge in [-0.15, -0.1) is 0 Å². The first-order valence-electron chi connectivity index (χ1n) is 10.5. The number of nitrogens with zero attached hydrogens (tertiary/aromatic N) is 1. The number of amides is 1. The second-order valence-electron chi connectivity index (χ2n) is 7.55. The highest BCUT2D eigenvalue weighted by atomic mass is 32.2. The Hall–Kier alpha value is -3.72. The van der Waals surface area contributed by atoms with Gasteiger partial charge >= 0.3 is 0 Å². The van der Waals surface area contributed by atoms with Gasteiger partial charge in [0, 0.05) is 6.54 Å². The molecule has 34 heavy (non-hydrogen) atoms. The van der Waals surface area contributed by atoms with E-state index in [-0.39, 0.29) is 6.54 Å². The molecular weight excluding hydrogens is 456 g/mol. The first-order chi connectivity index (χ1) is 16.2. The number of carbonyl (C=O) groups is 1. The van der Waals surface area contributed by atoms with Crippen molar-refractivity contribution < 1.29 is 27.4 Å². The second-order valence-corrected chi connectivity index (χ2v) is 9.41. The first kappa shape index (κ1) is 24.9. The summed E-state index contributed by atoms with van der Waals surface area (Å²) in [5, 5.41) is 2.79. The van der Waals surface area contributed by atoms with Crippen LogP contribution in [0.1, 0.15) is 12.5 Å². The molecular formula is C25H28N2O6S. The van der Waals surface area contributed by atoms with Gasteiger partial charge in [0.2, 0.25) is 15.9 Å². The molecule has 3 aromatic carbocycles. The molecule has 1 atom stereocenters. The van der Waals surface area contributed by atoms with Crippen LogP contribution < -0.4 is 23.8 Å². The van der Waals surface area contributed by atoms with Gasteiger partial charge in [0.25, 0.3) is 0 Å². The number of nitrogens with one attached hydrogen (secondary N) is 1. The lowest BCUT2D eigenvalue weighted by Crippen LogP contribution is -2.47. The van der Waals surface area contributed by atoms with Crippen LogP contribution in [0.25, 0.3) is 0 Å². The molecule has 0 bridgehead atoms. The summed E-state index contributed by atoms with van der Waals surface area (Å²) in [5.74, 6) is 1.89. The number of hydrogen-bond acceptors (Lipinski definition) is 6. The number of para-hydroxylation sites is 1. The third-order valence-corrected chi connectivity index (χ3v) is 6.31. The van der Waals surface area contributed by atoms with Gasteiger partial charge in [-0.1, -0.05) is 24.3 Å². The standard InChI is InChI=1S/C25H28N2O6S/c1-18(25(28)26-17-19-10-15-23(31-2)24(16-19)32-3)27(34(4,29)30)20-11-13-22(14-12-20)33-21-8-6-5-7-9-21/h5-16,18H,17H2,1-4H3,(H,26,28)/t18-/m1/s1. The zero-order chi connectivity index (χ0) is 24.7. The Morgan fingerprint density at radius 2 is 1.53 bits per heavy atom. The molecule has 0 radical (unpaired) electrons. The van der Waals surface area contributed by atoms with Crippen LogP contribution in [0.5, 0.6) is 23.0 Å². The van der Waals surface area contributed by atoms with Crippen molar-refractivity contribution in [2.75, 3.05) is 24.8 Å². The maximum Gasteiger partial charge on any atom is 0.243 e. The Morgan fingerprint density at radius 3 is 2.12 bits per heavy atom. The molecule has 0 spiro atoms. The van der Waals surface area contributed by atoms with E-state index >= 15 is 0 Å². The molecule has 1 amide bonds. The number of carbonyl (C=O) groups excluding carboxylic acids is 1. The van der Waals surface area contributed by atoms with E-state index in [2.05, 4.69) is 5.32 Å². The summed E-state index contributed by atoms with van der Waals surface area (Å²) in [6, 6.07) is 20.1. The SMILES string of the molecule is COc1ccc(CNC(=O)[C@@H](C)N(c2ccc(Oc3ccccc3)cc2)S(C)(=O)=O)cc1OC. The van der Waals surface area contributed by atoms with Crippen molar-refractivity contribution in [2.24, 2.45) is 0 Å². The van der Waals surface area contributed by atoms with Crippen LogP contribution in [0.2, 0.25) is 0 Å². The van der Waals surface area contributed by atoms with Gasteiger partial charge in [-0.05, 0) is 61.0 Å². The maximum atomic E-state index is 12.9. The largest absolute Gasteiger partial charge is 0.493 e. The molecule has 9 heteroatoms. The number of benzene rings is 3. The Labute approximate surface area is 200 Å². The first-order valence-corrected chi connectivity index (χ1v) is 12.4. The molecule has 0 heterocycles. The summed E-state index contributed by atoms with van der Waals surface area (Å²) in [7, 11) is -0.668. The van der Waals surface area contributed by atoms with E-state index < -0.39 is 22.0 Å². The number of rotatable bonds is 10. The topological polar surface area (TPSA) is 94.2 Å². The van der Waals surface area contributed by atoms with E-state index in [9.17, 15) is 13.2 Å². The number of hydrogen-bond donors (Lipinski definition) is 1. The molecule has 0 aliphatic rings. The van der Waals surface area contributed by atoms with Crippen molar-refractivity contribution in [2.45, 2.75) is 19.5 Å². The number of sulfonamides is 1. The molecule has 0 aromatic heterocycles. The zero-order valence-corrected chi connectivity index (χ0v) is 20.3. The predicted molar refractivity (Wildman–Crippen MR) is 131 cm³/mol. The molecule has 0 saturated heterocycles. The lowest BCUT2D eigenvalue weighted by molar-refractivity contribution is -0.122. The number of anilines is 1. The lowest BCUT2D eigenvalue weighted by Gasteiger charge is -2.28. The van der Waals surface area contributed by atoms with Crippen molar-refractivity contribution >= 4 is 21.6 Å². The third kappa shape index (κ3) is 6.20. The molecule has 3 rings (SSSR count). The normalized spacial score (nSPS) is 11.9. The number of ether oxygens (including phenoxy) is 3. The van der Waals surface area contributed by atoms with Crippen LogP contribution in [0.15, 0.2) is 72.8 Å². The molecule has 0 unspecified atom stereocenters. The Bertz CT molecular complexity index is 1210. The van der Waals surface area contributed by atoms with Crippen LogP contribution >= 0.6 is 0 Å². The van der Waals surface area contributed by atoms with Crippen LogP contribution in [0, 0.1) is 0 Å². The van der Waals surface area contributed by atoms with Crippen molar-refractivity contribution in [3.63, 3.8) is 0 Å².